The predicted octanol–water partition coefficient (Wildman–Crippen LogP) is 3.61. The third kappa shape index (κ3) is 4.93. The summed E-state index contributed by atoms with van der Waals surface area (Å²) in [6.45, 7) is 1.90. The standard InChI is InChI=1S/C16H24N2O2S/c1-2-12(11-19)17-16(20)18-14-9-5-6-10-15(14)21-13-7-3-4-8-13/h5-6,9-10,12-13,19H,2-4,7-8,11H2,1H3,(H2,17,18,20). The normalized spacial score (nSPS) is 16.7. The van der Waals surface area contributed by atoms with Crippen molar-refractivity contribution in [3.63, 3.8) is 0 Å². The number of aliphatic hydroxyl groups is 1. The zero-order valence-electron chi connectivity index (χ0n) is 12.5. The summed E-state index contributed by atoms with van der Waals surface area (Å²) >= 11 is 1.86. The molecule has 1 atom stereocenters. The average Bonchev–Trinajstić information content (AvgIpc) is 3.00. The van der Waals surface area contributed by atoms with Crippen LogP contribution in [0.5, 0.6) is 0 Å². The highest BCUT2D eigenvalue weighted by molar-refractivity contribution is 8.00. The monoisotopic (exact) mass is 308 g/mol. The topological polar surface area (TPSA) is 61.4 Å². The van der Waals surface area contributed by atoms with Crippen LogP contribution in [0.25, 0.3) is 0 Å². The molecule has 2 amide bonds. The van der Waals surface area contributed by atoms with E-state index in [0.717, 1.165) is 10.6 Å². The van der Waals surface area contributed by atoms with Crippen LogP contribution in [0.3, 0.4) is 0 Å². The molecular weight excluding hydrogens is 284 g/mol. The predicted molar refractivity (Wildman–Crippen MR) is 87.9 cm³/mol. The molecule has 21 heavy (non-hydrogen) atoms. The summed E-state index contributed by atoms with van der Waals surface area (Å²) < 4.78 is 0. The number of hydrogen-bond donors (Lipinski definition) is 3. The molecule has 116 valence electrons. The summed E-state index contributed by atoms with van der Waals surface area (Å²) in [7, 11) is 0. The van der Waals surface area contributed by atoms with E-state index in [0.29, 0.717) is 11.7 Å². The number of benzene rings is 1. The van der Waals surface area contributed by atoms with Gasteiger partial charge in [0.25, 0.3) is 0 Å². The fourth-order valence-electron chi connectivity index (χ4n) is 2.48. The van der Waals surface area contributed by atoms with Gasteiger partial charge in [-0.15, -0.1) is 11.8 Å². The summed E-state index contributed by atoms with van der Waals surface area (Å²) in [5.74, 6) is 0. The second kappa shape index (κ2) is 8.29. The molecule has 0 aromatic heterocycles. The summed E-state index contributed by atoms with van der Waals surface area (Å²) in [5, 5.41) is 15.5. The summed E-state index contributed by atoms with van der Waals surface area (Å²) in [4.78, 5) is 13.1. The summed E-state index contributed by atoms with van der Waals surface area (Å²) in [6, 6.07) is 7.47. The van der Waals surface area contributed by atoms with Crippen molar-refractivity contribution in [3.05, 3.63) is 24.3 Å². The van der Waals surface area contributed by atoms with Crippen LogP contribution in [0.4, 0.5) is 10.5 Å². The van der Waals surface area contributed by atoms with E-state index in [9.17, 15) is 4.79 Å². The number of carbonyl (C=O) groups is 1. The van der Waals surface area contributed by atoms with Crippen molar-refractivity contribution < 1.29 is 9.90 Å². The first-order valence-corrected chi connectivity index (χ1v) is 8.55. The highest BCUT2D eigenvalue weighted by Crippen LogP contribution is 2.37. The molecule has 1 saturated carbocycles. The van der Waals surface area contributed by atoms with E-state index in [2.05, 4.69) is 16.7 Å². The maximum absolute atomic E-state index is 12.0. The Labute approximate surface area is 130 Å². The lowest BCUT2D eigenvalue weighted by molar-refractivity contribution is 0.222. The Kier molecular flexibility index (Phi) is 6.39. The Morgan fingerprint density at radius 1 is 1.38 bits per heavy atom. The Morgan fingerprint density at radius 2 is 2.10 bits per heavy atom. The van der Waals surface area contributed by atoms with Gasteiger partial charge in [-0.3, -0.25) is 0 Å². The maximum atomic E-state index is 12.0. The zero-order chi connectivity index (χ0) is 15.1. The minimum Gasteiger partial charge on any atom is -0.394 e. The molecule has 0 aliphatic heterocycles. The molecule has 1 aliphatic carbocycles. The van der Waals surface area contributed by atoms with Crippen LogP contribution < -0.4 is 10.6 Å². The molecule has 2 rings (SSSR count). The van der Waals surface area contributed by atoms with Gasteiger partial charge in [-0.1, -0.05) is 31.9 Å². The lowest BCUT2D eigenvalue weighted by Gasteiger charge is -2.17. The fraction of sp³-hybridized carbons (Fsp3) is 0.562. The average molecular weight is 308 g/mol. The van der Waals surface area contributed by atoms with Crippen molar-refractivity contribution in [1.82, 2.24) is 5.32 Å². The first-order valence-electron chi connectivity index (χ1n) is 7.67. The Bertz CT molecular complexity index is 457. The third-order valence-corrected chi connectivity index (χ3v) is 5.19. The smallest absolute Gasteiger partial charge is 0.319 e. The molecule has 0 saturated heterocycles. The quantitative estimate of drug-likeness (QED) is 0.752. The van der Waals surface area contributed by atoms with Gasteiger partial charge in [0.15, 0.2) is 0 Å². The van der Waals surface area contributed by atoms with Crippen LogP contribution in [-0.4, -0.2) is 29.0 Å². The van der Waals surface area contributed by atoms with E-state index < -0.39 is 0 Å². The Morgan fingerprint density at radius 3 is 2.76 bits per heavy atom. The molecule has 0 heterocycles. The minimum absolute atomic E-state index is 0.0393. The molecule has 4 nitrogen and oxygen atoms in total. The summed E-state index contributed by atoms with van der Waals surface area (Å²) in [6.07, 6.45) is 5.84. The largest absolute Gasteiger partial charge is 0.394 e. The van der Waals surface area contributed by atoms with Crippen LogP contribution in [-0.2, 0) is 0 Å². The van der Waals surface area contributed by atoms with Crippen LogP contribution in [0, 0.1) is 0 Å². The Hall–Kier alpha value is -1.20. The van der Waals surface area contributed by atoms with Gasteiger partial charge >= 0.3 is 6.03 Å². The number of rotatable bonds is 6. The van der Waals surface area contributed by atoms with Crippen LogP contribution in [0.1, 0.15) is 39.0 Å². The van der Waals surface area contributed by atoms with Gasteiger partial charge < -0.3 is 15.7 Å². The van der Waals surface area contributed by atoms with Crippen LogP contribution in [0.2, 0.25) is 0 Å². The van der Waals surface area contributed by atoms with Crippen molar-refractivity contribution in [2.24, 2.45) is 0 Å². The number of aliphatic hydroxyl groups excluding tert-OH is 1. The highest BCUT2D eigenvalue weighted by Gasteiger charge is 2.18. The lowest BCUT2D eigenvalue weighted by atomic mass is 10.2. The second-order valence-electron chi connectivity index (χ2n) is 5.41. The molecule has 5 heteroatoms. The van der Waals surface area contributed by atoms with E-state index in [1.165, 1.54) is 25.7 Å². The number of urea groups is 1. The van der Waals surface area contributed by atoms with E-state index in [1.54, 1.807) is 0 Å². The van der Waals surface area contributed by atoms with Crippen molar-refractivity contribution in [2.75, 3.05) is 11.9 Å². The highest BCUT2D eigenvalue weighted by atomic mass is 32.2. The zero-order valence-corrected chi connectivity index (χ0v) is 13.3. The molecule has 0 spiro atoms. The van der Waals surface area contributed by atoms with Gasteiger partial charge in [0, 0.05) is 10.1 Å². The number of nitrogens with one attached hydrogen (secondary N) is 2. The molecule has 1 aromatic carbocycles. The van der Waals surface area contributed by atoms with Gasteiger partial charge in [-0.05, 0) is 31.4 Å². The molecule has 0 bridgehead atoms. The molecule has 1 fully saturated rings. The minimum atomic E-state index is -0.254. The van der Waals surface area contributed by atoms with Crippen molar-refractivity contribution in [3.8, 4) is 0 Å². The molecule has 3 N–H and O–H groups in total. The number of carbonyl (C=O) groups excluding carboxylic acids is 1. The lowest BCUT2D eigenvalue weighted by Crippen LogP contribution is -2.39. The number of hydrogen-bond acceptors (Lipinski definition) is 3. The molecule has 1 unspecified atom stereocenters. The van der Waals surface area contributed by atoms with E-state index in [4.69, 9.17) is 5.11 Å². The van der Waals surface area contributed by atoms with Crippen molar-refractivity contribution in [1.29, 1.82) is 0 Å². The number of anilines is 1. The molecular formula is C16H24N2O2S. The summed E-state index contributed by atoms with van der Waals surface area (Å²) in [5.41, 5.74) is 0.847. The second-order valence-corrected chi connectivity index (χ2v) is 6.75. The van der Waals surface area contributed by atoms with Crippen LogP contribution >= 0.6 is 11.8 Å². The van der Waals surface area contributed by atoms with Gasteiger partial charge in [-0.25, -0.2) is 4.79 Å². The van der Waals surface area contributed by atoms with Crippen LogP contribution in [0.15, 0.2) is 29.2 Å². The number of thioether (sulfide) groups is 1. The SMILES string of the molecule is CCC(CO)NC(=O)Nc1ccccc1SC1CCCC1. The first kappa shape index (κ1) is 16.2. The third-order valence-electron chi connectivity index (χ3n) is 3.78. The Balaban J connectivity index is 1.97. The maximum Gasteiger partial charge on any atom is 0.319 e. The van der Waals surface area contributed by atoms with E-state index >= 15 is 0 Å². The van der Waals surface area contributed by atoms with Crippen molar-refractivity contribution >= 4 is 23.5 Å². The fourth-order valence-corrected chi connectivity index (χ4v) is 3.81. The van der Waals surface area contributed by atoms with Gasteiger partial charge in [0.05, 0.1) is 18.3 Å². The first-order chi connectivity index (χ1) is 10.2. The molecule has 0 radical (unpaired) electrons. The molecule has 1 aliphatic rings. The number of para-hydroxylation sites is 1. The van der Waals surface area contributed by atoms with Gasteiger partial charge in [0.1, 0.15) is 0 Å². The van der Waals surface area contributed by atoms with E-state index in [1.807, 2.05) is 36.9 Å². The van der Waals surface area contributed by atoms with Gasteiger partial charge in [-0.2, -0.15) is 0 Å². The van der Waals surface area contributed by atoms with Crippen molar-refractivity contribution in [2.45, 2.75) is 55.2 Å². The van der Waals surface area contributed by atoms with Gasteiger partial charge in [0.2, 0.25) is 0 Å². The molecule has 1 aromatic rings. The van der Waals surface area contributed by atoms with E-state index in [-0.39, 0.29) is 18.7 Å². The number of amides is 2.